The number of carbonyl (C=O) groups excluding carboxylic acids is 2. The minimum Gasteiger partial charge on any atom is -0.456 e. The van der Waals surface area contributed by atoms with Crippen molar-refractivity contribution in [1.82, 2.24) is 5.32 Å². The van der Waals surface area contributed by atoms with E-state index in [0.29, 0.717) is 6.42 Å². The van der Waals surface area contributed by atoms with Crippen molar-refractivity contribution >= 4 is 11.9 Å². The highest BCUT2D eigenvalue weighted by Gasteiger charge is 2.71. The molecule has 0 bridgehead atoms. The Bertz CT molecular complexity index is 368. The van der Waals surface area contributed by atoms with Crippen molar-refractivity contribution in [2.45, 2.75) is 57.8 Å². The Hall–Kier alpha value is -1.10. The van der Waals surface area contributed by atoms with Crippen LogP contribution < -0.4 is 5.32 Å². The Morgan fingerprint density at radius 3 is 2.61 bits per heavy atom. The predicted octanol–water partition coefficient (Wildman–Crippen LogP) is 0.604. The molecule has 5 nitrogen and oxygen atoms in total. The second-order valence-electron chi connectivity index (χ2n) is 5.62. The molecule has 0 aromatic rings. The molecule has 1 amide bonds. The topological polar surface area (TPSA) is 75.6 Å². The zero-order chi connectivity index (χ0) is 13.5. The number of aliphatic hydroxyl groups is 1. The van der Waals surface area contributed by atoms with Crippen molar-refractivity contribution in [3.63, 3.8) is 0 Å². The van der Waals surface area contributed by atoms with Crippen molar-refractivity contribution in [2.75, 3.05) is 0 Å². The highest BCUT2D eigenvalue weighted by Crippen LogP contribution is 2.44. The number of ether oxygens (including phenoxy) is 1. The fraction of sp³-hybridized carbons (Fsp3) is 0.846. The van der Waals surface area contributed by atoms with Crippen molar-refractivity contribution in [3.05, 3.63) is 0 Å². The van der Waals surface area contributed by atoms with Gasteiger partial charge in [0.15, 0.2) is 0 Å². The van der Waals surface area contributed by atoms with Crippen LogP contribution in [0, 0.1) is 11.8 Å². The number of fused-ring (bicyclic) bond motifs is 1. The maximum atomic E-state index is 12.0. The van der Waals surface area contributed by atoms with Crippen LogP contribution >= 0.6 is 0 Å². The third-order valence-corrected chi connectivity index (χ3v) is 4.02. The number of carbonyl (C=O) groups is 2. The first kappa shape index (κ1) is 13.3. The Kier molecular flexibility index (Phi) is 3.36. The number of esters is 1. The number of rotatable bonds is 5. The van der Waals surface area contributed by atoms with Gasteiger partial charge in [0.2, 0.25) is 11.4 Å². The molecule has 0 spiro atoms. The van der Waals surface area contributed by atoms with E-state index in [1.807, 2.05) is 13.8 Å². The molecule has 2 fully saturated rings. The van der Waals surface area contributed by atoms with Crippen LogP contribution in [0.3, 0.4) is 0 Å². The third-order valence-electron chi connectivity index (χ3n) is 4.02. The van der Waals surface area contributed by atoms with E-state index in [9.17, 15) is 14.7 Å². The molecular formula is C13H21NO4. The lowest BCUT2D eigenvalue weighted by Gasteiger charge is -2.46. The standard InChI is InChI=1S/C13H21NO4/c1-4-5-6-8-10-13(12(17)18-10,14-11(8)16)9(15)7(2)3/h7-10,15H,4-6H2,1-3H3,(H,14,16)/t8-,9+,10+,13-/m1/s1. The highest BCUT2D eigenvalue weighted by molar-refractivity contribution is 6.00. The van der Waals surface area contributed by atoms with Gasteiger partial charge in [-0.3, -0.25) is 4.79 Å². The van der Waals surface area contributed by atoms with Crippen molar-refractivity contribution in [1.29, 1.82) is 0 Å². The smallest absolute Gasteiger partial charge is 0.338 e. The van der Waals surface area contributed by atoms with Gasteiger partial charge < -0.3 is 15.2 Å². The fourth-order valence-corrected chi connectivity index (χ4v) is 2.91. The summed E-state index contributed by atoms with van der Waals surface area (Å²) >= 11 is 0. The maximum Gasteiger partial charge on any atom is 0.338 e. The molecular weight excluding hydrogens is 234 g/mol. The summed E-state index contributed by atoms with van der Waals surface area (Å²) in [7, 11) is 0. The van der Waals surface area contributed by atoms with Crippen LogP contribution in [0.4, 0.5) is 0 Å². The summed E-state index contributed by atoms with van der Waals surface area (Å²) in [4.78, 5) is 23.7. The van der Waals surface area contributed by atoms with Crippen LogP contribution in [-0.4, -0.2) is 34.7 Å². The van der Waals surface area contributed by atoms with Crippen LogP contribution in [0.25, 0.3) is 0 Å². The number of aliphatic hydroxyl groups excluding tert-OH is 1. The zero-order valence-corrected chi connectivity index (χ0v) is 11.1. The van der Waals surface area contributed by atoms with Gasteiger partial charge in [0.05, 0.1) is 12.0 Å². The lowest BCUT2D eigenvalue weighted by atomic mass is 9.75. The summed E-state index contributed by atoms with van der Waals surface area (Å²) in [5.41, 5.74) is -1.19. The first-order valence-corrected chi connectivity index (χ1v) is 6.66. The third kappa shape index (κ3) is 1.64. The molecule has 0 aliphatic carbocycles. The van der Waals surface area contributed by atoms with Crippen LogP contribution in [0.2, 0.25) is 0 Å². The van der Waals surface area contributed by atoms with Gasteiger partial charge in [-0.1, -0.05) is 33.6 Å². The molecule has 4 atom stereocenters. The first-order valence-electron chi connectivity index (χ1n) is 6.66. The molecule has 2 heterocycles. The molecule has 102 valence electrons. The largest absolute Gasteiger partial charge is 0.456 e. The molecule has 2 aliphatic heterocycles. The van der Waals surface area contributed by atoms with Gasteiger partial charge in [-0.15, -0.1) is 0 Å². The SMILES string of the molecule is CCCC[C@H]1C(=O)N[C@@]2([C@@H](O)C(C)C)C(=O)O[C@@H]12. The van der Waals surface area contributed by atoms with Crippen molar-refractivity contribution in [2.24, 2.45) is 11.8 Å². The van der Waals surface area contributed by atoms with Crippen LogP contribution in [-0.2, 0) is 14.3 Å². The van der Waals surface area contributed by atoms with Gasteiger partial charge >= 0.3 is 5.97 Å². The van der Waals surface area contributed by atoms with Crippen LogP contribution in [0.15, 0.2) is 0 Å². The van der Waals surface area contributed by atoms with E-state index in [1.54, 1.807) is 0 Å². The van der Waals surface area contributed by atoms with Crippen LogP contribution in [0.5, 0.6) is 0 Å². The molecule has 2 rings (SSSR count). The van der Waals surface area contributed by atoms with E-state index in [2.05, 4.69) is 12.2 Å². The Morgan fingerprint density at radius 1 is 1.44 bits per heavy atom. The molecule has 0 radical (unpaired) electrons. The lowest BCUT2D eigenvalue weighted by molar-refractivity contribution is -0.207. The normalized spacial score (nSPS) is 35.8. The number of hydrogen-bond acceptors (Lipinski definition) is 4. The molecule has 0 saturated carbocycles. The zero-order valence-electron chi connectivity index (χ0n) is 11.1. The van der Waals surface area contributed by atoms with Gasteiger partial charge in [-0.05, 0) is 12.3 Å². The summed E-state index contributed by atoms with van der Waals surface area (Å²) < 4.78 is 5.14. The number of hydrogen-bond donors (Lipinski definition) is 2. The predicted molar refractivity (Wildman–Crippen MR) is 64.6 cm³/mol. The number of nitrogens with one attached hydrogen (secondary N) is 1. The molecule has 2 aliphatic rings. The summed E-state index contributed by atoms with van der Waals surface area (Å²) in [6, 6.07) is 0. The van der Waals surface area contributed by atoms with E-state index in [-0.39, 0.29) is 17.7 Å². The van der Waals surface area contributed by atoms with Crippen molar-refractivity contribution < 1.29 is 19.4 Å². The maximum absolute atomic E-state index is 12.0. The molecule has 0 aromatic carbocycles. The van der Waals surface area contributed by atoms with Crippen molar-refractivity contribution in [3.8, 4) is 0 Å². The molecule has 2 saturated heterocycles. The minimum absolute atomic E-state index is 0.106. The molecule has 18 heavy (non-hydrogen) atoms. The summed E-state index contributed by atoms with van der Waals surface area (Å²) in [5, 5.41) is 12.9. The second kappa shape index (κ2) is 4.53. The first-order chi connectivity index (χ1) is 8.45. The lowest BCUT2D eigenvalue weighted by Crippen LogP contribution is -2.73. The van der Waals surface area contributed by atoms with E-state index in [1.165, 1.54) is 0 Å². The van der Waals surface area contributed by atoms with Gasteiger partial charge in [0.25, 0.3) is 0 Å². The quantitative estimate of drug-likeness (QED) is 0.706. The summed E-state index contributed by atoms with van der Waals surface area (Å²) in [6.45, 7) is 5.71. The second-order valence-corrected chi connectivity index (χ2v) is 5.62. The highest BCUT2D eigenvalue weighted by atomic mass is 16.6. The van der Waals surface area contributed by atoms with E-state index < -0.39 is 23.7 Å². The minimum atomic E-state index is -1.19. The molecule has 0 unspecified atom stereocenters. The van der Waals surface area contributed by atoms with Gasteiger partial charge in [0.1, 0.15) is 6.10 Å². The van der Waals surface area contributed by atoms with Gasteiger partial charge in [-0.2, -0.15) is 0 Å². The monoisotopic (exact) mass is 255 g/mol. The number of amides is 1. The fourth-order valence-electron chi connectivity index (χ4n) is 2.91. The van der Waals surface area contributed by atoms with Gasteiger partial charge in [0, 0.05) is 0 Å². The molecule has 2 N–H and O–H groups in total. The summed E-state index contributed by atoms with van der Waals surface area (Å²) in [6.07, 6.45) is 1.22. The van der Waals surface area contributed by atoms with E-state index >= 15 is 0 Å². The Morgan fingerprint density at radius 2 is 2.11 bits per heavy atom. The number of unbranched alkanes of at least 4 members (excludes halogenated alkanes) is 1. The molecule has 5 heteroatoms. The van der Waals surface area contributed by atoms with Crippen LogP contribution in [0.1, 0.15) is 40.0 Å². The Balaban J connectivity index is 2.20. The van der Waals surface area contributed by atoms with E-state index in [4.69, 9.17) is 4.74 Å². The average Bonchev–Trinajstić information content (AvgIpc) is 2.55. The van der Waals surface area contributed by atoms with E-state index in [0.717, 1.165) is 12.8 Å². The average molecular weight is 255 g/mol. The summed E-state index contributed by atoms with van der Waals surface area (Å²) in [5.74, 6) is -1.08. The Labute approximate surface area is 107 Å². The molecule has 0 aromatic heterocycles. The van der Waals surface area contributed by atoms with Gasteiger partial charge in [-0.25, -0.2) is 4.79 Å².